The highest BCUT2D eigenvalue weighted by atomic mass is 16.5. The SMILES string of the molecule is CC(=O)c1cc(N)ccc1Oc1ccc(C#N)nc1. The lowest BCUT2D eigenvalue weighted by molar-refractivity contribution is 0.101. The van der Waals surface area contributed by atoms with Crippen molar-refractivity contribution in [1.82, 2.24) is 4.98 Å². The number of nitrogens with two attached hydrogens (primary N) is 1. The second-order valence-corrected chi connectivity index (χ2v) is 3.90. The van der Waals surface area contributed by atoms with E-state index in [-0.39, 0.29) is 5.78 Å². The van der Waals surface area contributed by atoms with Gasteiger partial charge in [0.2, 0.25) is 0 Å². The highest BCUT2D eigenvalue weighted by molar-refractivity contribution is 5.97. The lowest BCUT2D eigenvalue weighted by atomic mass is 10.1. The molecule has 0 aliphatic heterocycles. The van der Waals surface area contributed by atoms with Crippen LogP contribution >= 0.6 is 0 Å². The number of hydrogen-bond acceptors (Lipinski definition) is 5. The number of nitrogen functional groups attached to an aromatic ring is 1. The lowest BCUT2D eigenvalue weighted by Gasteiger charge is -2.09. The molecular formula is C14H11N3O2. The van der Waals surface area contributed by atoms with Crippen molar-refractivity contribution in [3.8, 4) is 17.6 Å². The Hall–Kier alpha value is -2.87. The summed E-state index contributed by atoms with van der Waals surface area (Å²) in [4.78, 5) is 15.4. The first-order chi connectivity index (χ1) is 9.10. The van der Waals surface area contributed by atoms with Gasteiger partial charge in [0.05, 0.1) is 11.8 Å². The Bertz CT molecular complexity index is 657. The summed E-state index contributed by atoms with van der Waals surface area (Å²) in [6, 6.07) is 9.92. The van der Waals surface area contributed by atoms with Crippen LogP contribution in [0.1, 0.15) is 23.0 Å². The fourth-order valence-corrected chi connectivity index (χ4v) is 1.55. The number of pyridine rings is 1. The fourth-order valence-electron chi connectivity index (χ4n) is 1.55. The van der Waals surface area contributed by atoms with Crippen LogP contribution in [0.4, 0.5) is 5.69 Å². The molecule has 0 aliphatic carbocycles. The van der Waals surface area contributed by atoms with Gasteiger partial charge in [-0.25, -0.2) is 4.98 Å². The first kappa shape index (κ1) is 12.6. The molecule has 2 aromatic rings. The standard InChI is InChI=1S/C14H11N3O2/c1-9(18)13-6-10(16)2-5-14(13)19-12-4-3-11(7-15)17-8-12/h2-6,8H,16H2,1H3. The predicted molar refractivity (Wildman–Crippen MR) is 69.9 cm³/mol. The maximum atomic E-state index is 11.5. The number of nitrogens with zero attached hydrogens (tertiary/aromatic N) is 2. The second kappa shape index (κ2) is 5.19. The van der Waals surface area contributed by atoms with Crippen LogP contribution < -0.4 is 10.5 Å². The van der Waals surface area contributed by atoms with E-state index in [1.807, 2.05) is 6.07 Å². The zero-order valence-electron chi connectivity index (χ0n) is 10.3. The van der Waals surface area contributed by atoms with Crippen LogP contribution in [-0.2, 0) is 0 Å². The Morgan fingerprint density at radius 3 is 2.74 bits per heavy atom. The van der Waals surface area contributed by atoms with Crippen LogP contribution in [0.3, 0.4) is 0 Å². The van der Waals surface area contributed by atoms with Crippen molar-refractivity contribution >= 4 is 11.5 Å². The monoisotopic (exact) mass is 253 g/mol. The van der Waals surface area contributed by atoms with Gasteiger partial charge < -0.3 is 10.5 Å². The number of aromatic nitrogens is 1. The van der Waals surface area contributed by atoms with Gasteiger partial charge in [0, 0.05) is 5.69 Å². The topological polar surface area (TPSA) is 89.0 Å². The van der Waals surface area contributed by atoms with E-state index in [9.17, 15) is 4.79 Å². The number of rotatable bonds is 3. The molecule has 0 unspecified atom stereocenters. The van der Waals surface area contributed by atoms with Crippen molar-refractivity contribution in [2.24, 2.45) is 0 Å². The molecule has 0 bridgehead atoms. The molecule has 0 radical (unpaired) electrons. The molecule has 0 saturated heterocycles. The third-order valence-electron chi connectivity index (χ3n) is 2.46. The number of benzene rings is 1. The quantitative estimate of drug-likeness (QED) is 0.670. The van der Waals surface area contributed by atoms with Gasteiger partial charge >= 0.3 is 0 Å². The molecule has 5 heteroatoms. The van der Waals surface area contributed by atoms with Gasteiger partial charge in [0.1, 0.15) is 23.3 Å². The van der Waals surface area contributed by atoms with E-state index in [4.69, 9.17) is 15.7 Å². The highest BCUT2D eigenvalue weighted by Gasteiger charge is 2.10. The summed E-state index contributed by atoms with van der Waals surface area (Å²) >= 11 is 0. The maximum absolute atomic E-state index is 11.5. The van der Waals surface area contributed by atoms with E-state index in [2.05, 4.69) is 4.98 Å². The lowest BCUT2D eigenvalue weighted by Crippen LogP contribution is -1.99. The first-order valence-electron chi connectivity index (χ1n) is 5.54. The Balaban J connectivity index is 2.32. The van der Waals surface area contributed by atoms with Crippen molar-refractivity contribution in [2.75, 3.05) is 5.73 Å². The zero-order chi connectivity index (χ0) is 13.8. The van der Waals surface area contributed by atoms with Crippen LogP contribution in [0.5, 0.6) is 11.5 Å². The smallest absolute Gasteiger partial charge is 0.163 e. The van der Waals surface area contributed by atoms with E-state index in [1.165, 1.54) is 13.1 Å². The summed E-state index contributed by atoms with van der Waals surface area (Å²) in [5, 5.41) is 8.65. The van der Waals surface area contributed by atoms with Crippen molar-refractivity contribution in [1.29, 1.82) is 5.26 Å². The minimum atomic E-state index is -0.135. The molecule has 0 saturated carbocycles. The Kier molecular flexibility index (Phi) is 3.44. The van der Waals surface area contributed by atoms with E-state index in [0.717, 1.165) is 0 Å². The highest BCUT2D eigenvalue weighted by Crippen LogP contribution is 2.27. The molecule has 0 spiro atoms. The van der Waals surface area contributed by atoms with Gasteiger partial charge in [-0.05, 0) is 37.3 Å². The predicted octanol–water partition coefficient (Wildman–Crippen LogP) is 2.53. The molecule has 1 heterocycles. The van der Waals surface area contributed by atoms with Gasteiger partial charge in [0.15, 0.2) is 5.78 Å². The summed E-state index contributed by atoms with van der Waals surface area (Å²) in [6.45, 7) is 1.44. The van der Waals surface area contributed by atoms with Gasteiger partial charge in [-0.15, -0.1) is 0 Å². The fraction of sp³-hybridized carbons (Fsp3) is 0.0714. The van der Waals surface area contributed by atoms with Crippen LogP contribution in [0.15, 0.2) is 36.5 Å². The third-order valence-corrected chi connectivity index (χ3v) is 2.46. The van der Waals surface area contributed by atoms with Crippen LogP contribution in [0, 0.1) is 11.3 Å². The van der Waals surface area contributed by atoms with E-state index >= 15 is 0 Å². The van der Waals surface area contributed by atoms with Gasteiger partial charge in [-0.2, -0.15) is 5.26 Å². The van der Waals surface area contributed by atoms with Gasteiger partial charge in [-0.3, -0.25) is 4.79 Å². The maximum Gasteiger partial charge on any atom is 0.163 e. The molecular weight excluding hydrogens is 242 g/mol. The summed E-state index contributed by atoms with van der Waals surface area (Å²) in [7, 11) is 0. The molecule has 2 rings (SSSR count). The molecule has 0 aliphatic rings. The van der Waals surface area contributed by atoms with E-state index < -0.39 is 0 Å². The summed E-state index contributed by atoms with van der Waals surface area (Å²) in [5.41, 5.74) is 6.85. The number of ketones is 1. The van der Waals surface area contributed by atoms with E-state index in [0.29, 0.717) is 28.4 Å². The summed E-state index contributed by atoms with van der Waals surface area (Å²) < 4.78 is 5.58. The number of nitriles is 1. The first-order valence-corrected chi connectivity index (χ1v) is 5.54. The average molecular weight is 253 g/mol. The van der Waals surface area contributed by atoms with Crippen molar-refractivity contribution in [3.63, 3.8) is 0 Å². The molecule has 1 aromatic carbocycles. The molecule has 2 N–H and O–H groups in total. The van der Waals surface area contributed by atoms with E-state index in [1.54, 1.807) is 30.3 Å². The van der Waals surface area contributed by atoms with Gasteiger partial charge in [0.25, 0.3) is 0 Å². The minimum Gasteiger partial charge on any atom is -0.455 e. The normalized spacial score (nSPS) is 9.68. The molecule has 19 heavy (non-hydrogen) atoms. The molecule has 0 amide bonds. The Morgan fingerprint density at radius 1 is 1.37 bits per heavy atom. The van der Waals surface area contributed by atoms with Crippen LogP contribution in [0.25, 0.3) is 0 Å². The van der Waals surface area contributed by atoms with Crippen molar-refractivity contribution < 1.29 is 9.53 Å². The molecule has 94 valence electrons. The number of hydrogen-bond donors (Lipinski definition) is 1. The summed E-state index contributed by atoms with van der Waals surface area (Å²) in [5.74, 6) is 0.725. The third kappa shape index (κ3) is 2.87. The van der Waals surface area contributed by atoms with Crippen molar-refractivity contribution in [3.05, 3.63) is 47.8 Å². The molecule has 0 fully saturated rings. The molecule has 1 aromatic heterocycles. The van der Waals surface area contributed by atoms with Gasteiger partial charge in [-0.1, -0.05) is 0 Å². The number of carbonyl (C=O) groups is 1. The second-order valence-electron chi connectivity index (χ2n) is 3.90. The average Bonchev–Trinajstić information content (AvgIpc) is 2.41. The Labute approximate surface area is 110 Å². The minimum absolute atomic E-state index is 0.135. The molecule has 0 atom stereocenters. The number of anilines is 1. The Morgan fingerprint density at radius 2 is 2.16 bits per heavy atom. The summed E-state index contributed by atoms with van der Waals surface area (Å²) in [6.07, 6.45) is 1.43. The van der Waals surface area contributed by atoms with Crippen LogP contribution in [0.2, 0.25) is 0 Å². The number of ether oxygens (including phenoxy) is 1. The largest absolute Gasteiger partial charge is 0.455 e. The number of Topliss-reactive ketones (excluding diaryl/α,β-unsaturated/α-hetero) is 1. The molecule has 5 nitrogen and oxygen atoms in total. The zero-order valence-corrected chi connectivity index (χ0v) is 10.3. The van der Waals surface area contributed by atoms with Crippen molar-refractivity contribution in [2.45, 2.75) is 6.92 Å². The van der Waals surface area contributed by atoms with Crippen LogP contribution in [-0.4, -0.2) is 10.8 Å². The number of carbonyl (C=O) groups excluding carboxylic acids is 1.